The Kier molecular flexibility index (Phi) is 3.08. The number of nitro groups is 2. The van der Waals surface area contributed by atoms with Gasteiger partial charge in [0, 0.05) is 11.6 Å². The van der Waals surface area contributed by atoms with Crippen molar-refractivity contribution in [1.82, 2.24) is 0 Å². The summed E-state index contributed by atoms with van der Waals surface area (Å²) in [5.74, 6) is -0.710. The maximum atomic E-state index is 10.4. The van der Waals surface area contributed by atoms with Gasteiger partial charge in [0.2, 0.25) is 0 Å². The number of halogens is 1. The van der Waals surface area contributed by atoms with Crippen molar-refractivity contribution in [2.75, 3.05) is 0 Å². The van der Waals surface area contributed by atoms with Crippen LogP contribution >= 0.6 is 11.6 Å². The van der Waals surface area contributed by atoms with Crippen molar-refractivity contribution < 1.29 is 14.6 Å². The summed E-state index contributed by atoms with van der Waals surface area (Å²) in [6.45, 7) is 0.990. The number of nitrogens with zero attached hydrogens (tertiary/aromatic N) is 2. The molecule has 0 aromatic heterocycles. The highest BCUT2D eigenvalue weighted by Crippen LogP contribution is 2.21. The quantitative estimate of drug-likeness (QED) is 0.213. The molecule has 0 aliphatic heterocycles. The summed E-state index contributed by atoms with van der Waals surface area (Å²) < 4.78 is 0. The fraction of sp³-hybridized carbons (Fsp3) is 0.750. The molecule has 0 aliphatic rings. The van der Waals surface area contributed by atoms with E-state index >= 15 is 0 Å². The van der Waals surface area contributed by atoms with Crippen LogP contribution < -0.4 is 0 Å². The largest absolute Gasteiger partial charge is 0.543 e. The second-order valence-corrected chi connectivity index (χ2v) is 2.72. The molecular formula is C4H5ClN2O5. The smallest absolute Gasteiger partial charge is 0.299 e. The molecule has 0 fully saturated rings. The molecule has 0 N–H and O–H groups in total. The van der Waals surface area contributed by atoms with Crippen molar-refractivity contribution in [3.8, 4) is 0 Å². The highest BCUT2D eigenvalue weighted by Gasteiger charge is 2.55. The molecule has 0 bridgehead atoms. The lowest BCUT2D eigenvalue weighted by molar-refractivity contribution is -0.764. The highest BCUT2D eigenvalue weighted by molar-refractivity contribution is 6.22. The van der Waals surface area contributed by atoms with E-state index in [4.69, 9.17) is 11.6 Å². The Morgan fingerprint density at radius 2 is 1.75 bits per heavy atom. The summed E-state index contributed by atoms with van der Waals surface area (Å²) >= 11 is 4.99. The summed E-state index contributed by atoms with van der Waals surface area (Å²) in [6.07, 6.45) is -0.922. The lowest BCUT2D eigenvalue weighted by Gasteiger charge is -2.06. The summed E-state index contributed by atoms with van der Waals surface area (Å²) in [6, 6.07) is 0. The third-order valence-corrected chi connectivity index (χ3v) is 1.44. The van der Waals surface area contributed by atoms with Crippen LogP contribution in [0, 0.1) is 20.2 Å². The SMILES string of the molecule is CC(=O)CC(Cl)([N+](=O)[O-])[N+](=O)[O-]. The first kappa shape index (κ1) is 10.8. The van der Waals surface area contributed by atoms with Gasteiger partial charge in [0.15, 0.2) is 6.42 Å². The van der Waals surface area contributed by atoms with E-state index < -0.39 is 27.2 Å². The standard InChI is InChI=1S/C4H5ClN2O5/c1-3(8)2-4(5,6(9)10)7(11)12/h2H2,1H3. The van der Waals surface area contributed by atoms with Gasteiger partial charge in [0.05, 0.1) is 0 Å². The number of hydrogen-bond donors (Lipinski definition) is 0. The number of carbonyl (C=O) groups excluding carboxylic acids is 1. The van der Waals surface area contributed by atoms with Gasteiger partial charge in [0.1, 0.15) is 15.6 Å². The van der Waals surface area contributed by atoms with E-state index in [0.717, 1.165) is 6.92 Å². The second kappa shape index (κ2) is 3.44. The number of carbonyl (C=O) groups is 1. The minimum atomic E-state index is -2.91. The topological polar surface area (TPSA) is 103 Å². The van der Waals surface area contributed by atoms with Crippen LogP contribution in [0.15, 0.2) is 0 Å². The molecule has 0 saturated heterocycles. The minimum Gasteiger partial charge on any atom is -0.299 e. The van der Waals surface area contributed by atoms with Crippen molar-refractivity contribution in [3.63, 3.8) is 0 Å². The number of rotatable bonds is 4. The first-order valence-electron chi connectivity index (χ1n) is 2.78. The van der Waals surface area contributed by atoms with Crippen LogP contribution in [0.25, 0.3) is 0 Å². The summed E-state index contributed by atoms with van der Waals surface area (Å²) in [4.78, 5) is 27.9. The van der Waals surface area contributed by atoms with E-state index in [1.165, 1.54) is 0 Å². The van der Waals surface area contributed by atoms with Crippen molar-refractivity contribution >= 4 is 17.4 Å². The fourth-order valence-electron chi connectivity index (χ4n) is 0.513. The molecule has 0 saturated carbocycles. The number of ketones is 1. The van der Waals surface area contributed by atoms with Crippen molar-refractivity contribution in [3.05, 3.63) is 20.2 Å². The average Bonchev–Trinajstić information content (AvgIpc) is 1.84. The van der Waals surface area contributed by atoms with E-state index in [1.807, 2.05) is 0 Å². The zero-order valence-corrected chi connectivity index (χ0v) is 6.78. The number of hydrogen-bond acceptors (Lipinski definition) is 5. The molecule has 68 valence electrons. The molecule has 0 aromatic rings. The van der Waals surface area contributed by atoms with E-state index in [9.17, 15) is 25.0 Å². The molecule has 0 atom stereocenters. The Labute approximate surface area is 71.6 Å². The molecule has 0 heterocycles. The maximum absolute atomic E-state index is 10.4. The first-order chi connectivity index (χ1) is 5.30. The molecule has 8 heteroatoms. The monoisotopic (exact) mass is 196 g/mol. The normalized spacial score (nSPS) is 10.8. The molecule has 0 unspecified atom stereocenters. The number of alkyl halides is 1. The van der Waals surface area contributed by atoms with Crippen LogP contribution in [0.5, 0.6) is 0 Å². The zero-order valence-electron chi connectivity index (χ0n) is 6.02. The Morgan fingerprint density at radius 3 is 1.83 bits per heavy atom. The zero-order chi connectivity index (χ0) is 9.94. The van der Waals surface area contributed by atoms with E-state index in [0.29, 0.717) is 0 Å². The van der Waals surface area contributed by atoms with Crippen molar-refractivity contribution in [2.45, 2.75) is 18.5 Å². The minimum absolute atomic E-state index is 0.710. The molecule has 0 rings (SSSR count). The molecule has 0 aliphatic carbocycles. The summed E-state index contributed by atoms with van der Waals surface area (Å²) in [5, 5.41) is 17.2. The van der Waals surface area contributed by atoms with Crippen LogP contribution in [0.4, 0.5) is 0 Å². The van der Waals surface area contributed by atoms with Gasteiger partial charge in [-0.25, -0.2) is 0 Å². The second-order valence-electron chi connectivity index (χ2n) is 2.11. The summed E-state index contributed by atoms with van der Waals surface area (Å²) in [7, 11) is 0. The molecule has 0 radical (unpaired) electrons. The summed E-state index contributed by atoms with van der Waals surface area (Å²) in [5.41, 5.74) is 0. The maximum Gasteiger partial charge on any atom is 0.543 e. The van der Waals surface area contributed by atoms with Gasteiger partial charge in [-0.15, -0.1) is 0 Å². The van der Waals surface area contributed by atoms with Gasteiger partial charge in [0.25, 0.3) is 0 Å². The van der Waals surface area contributed by atoms with Crippen LogP contribution in [-0.4, -0.2) is 20.8 Å². The molecule has 0 spiro atoms. The van der Waals surface area contributed by atoms with Crippen LogP contribution in [0.1, 0.15) is 13.3 Å². The van der Waals surface area contributed by atoms with Gasteiger partial charge in [-0.05, 0) is 6.92 Å². The van der Waals surface area contributed by atoms with E-state index in [2.05, 4.69) is 0 Å². The van der Waals surface area contributed by atoms with Gasteiger partial charge in [-0.2, -0.15) is 0 Å². The predicted molar refractivity (Wildman–Crippen MR) is 37.9 cm³/mol. The Bertz CT molecular complexity index is 226. The molecule has 7 nitrogen and oxygen atoms in total. The molecular weight excluding hydrogens is 192 g/mol. The average molecular weight is 197 g/mol. The lowest BCUT2D eigenvalue weighted by atomic mass is 10.2. The van der Waals surface area contributed by atoms with Crippen LogP contribution in [0.2, 0.25) is 0 Å². The molecule has 12 heavy (non-hydrogen) atoms. The Balaban J connectivity index is 4.75. The van der Waals surface area contributed by atoms with Crippen molar-refractivity contribution in [1.29, 1.82) is 0 Å². The van der Waals surface area contributed by atoms with Crippen molar-refractivity contribution in [2.24, 2.45) is 0 Å². The van der Waals surface area contributed by atoms with Gasteiger partial charge < -0.3 is 0 Å². The van der Waals surface area contributed by atoms with Gasteiger partial charge >= 0.3 is 5.12 Å². The highest BCUT2D eigenvalue weighted by atomic mass is 35.5. The third-order valence-electron chi connectivity index (χ3n) is 1.03. The predicted octanol–water partition coefficient (Wildman–Crippen LogP) is 0.411. The Hall–Kier alpha value is -1.24. The number of Topliss-reactive ketones (excluding diaryl/α,β-unsaturated/α-hetero) is 1. The first-order valence-corrected chi connectivity index (χ1v) is 3.16. The Morgan fingerprint density at radius 1 is 1.42 bits per heavy atom. The molecule has 0 aromatic carbocycles. The van der Waals surface area contributed by atoms with Gasteiger partial charge in [-0.1, -0.05) is 0 Å². The van der Waals surface area contributed by atoms with Gasteiger partial charge in [-0.3, -0.25) is 25.0 Å². The van der Waals surface area contributed by atoms with E-state index in [-0.39, 0.29) is 0 Å². The fourth-order valence-corrected chi connectivity index (χ4v) is 0.701. The molecule has 0 amide bonds. The van der Waals surface area contributed by atoms with Crippen LogP contribution in [-0.2, 0) is 4.79 Å². The van der Waals surface area contributed by atoms with Crippen LogP contribution in [0.3, 0.4) is 0 Å². The lowest BCUT2D eigenvalue weighted by Crippen LogP contribution is -2.42. The van der Waals surface area contributed by atoms with E-state index in [1.54, 1.807) is 0 Å². The third kappa shape index (κ3) is 2.12.